The van der Waals surface area contributed by atoms with E-state index in [9.17, 15) is 14.9 Å². The first-order chi connectivity index (χ1) is 10.6. The lowest BCUT2D eigenvalue weighted by Crippen LogP contribution is -2.17. The van der Waals surface area contributed by atoms with E-state index in [1.807, 2.05) is 0 Å². The van der Waals surface area contributed by atoms with E-state index < -0.39 is 4.92 Å². The van der Waals surface area contributed by atoms with Gasteiger partial charge in [0.25, 0.3) is 5.69 Å². The lowest BCUT2D eigenvalue weighted by molar-refractivity contribution is -0.385. The van der Waals surface area contributed by atoms with Gasteiger partial charge < -0.3 is 9.47 Å². The van der Waals surface area contributed by atoms with Gasteiger partial charge in [-0.25, -0.2) is 5.43 Å². The maximum absolute atomic E-state index is 11.5. The molecular formula is C14H17N3O5. The fourth-order valence-electron chi connectivity index (χ4n) is 1.97. The molecule has 1 heterocycles. The fourth-order valence-corrected chi connectivity index (χ4v) is 1.97. The van der Waals surface area contributed by atoms with Crippen LogP contribution in [-0.2, 0) is 4.79 Å². The van der Waals surface area contributed by atoms with E-state index >= 15 is 0 Å². The van der Waals surface area contributed by atoms with Gasteiger partial charge in [-0.05, 0) is 12.5 Å². The monoisotopic (exact) mass is 307 g/mol. The van der Waals surface area contributed by atoms with Crippen molar-refractivity contribution < 1.29 is 19.2 Å². The summed E-state index contributed by atoms with van der Waals surface area (Å²) in [5, 5.41) is 14.8. The molecule has 0 radical (unpaired) electrons. The number of rotatable bonds is 7. The smallest absolute Gasteiger partial charge is 0.282 e. The first-order valence-corrected chi connectivity index (χ1v) is 7.01. The molecule has 1 aliphatic rings. The minimum absolute atomic E-state index is 0.0290. The van der Waals surface area contributed by atoms with Gasteiger partial charge in [0.05, 0.1) is 22.8 Å². The normalized spacial score (nSPS) is 12.6. The molecule has 0 unspecified atom stereocenters. The third-order valence-corrected chi connectivity index (χ3v) is 3.12. The molecule has 8 nitrogen and oxygen atoms in total. The Labute approximate surface area is 127 Å². The van der Waals surface area contributed by atoms with Crippen LogP contribution < -0.4 is 14.9 Å². The molecule has 0 fully saturated rings. The number of ether oxygens (including phenoxy) is 2. The van der Waals surface area contributed by atoms with Crippen LogP contribution in [0.1, 0.15) is 38.2 Å². The minimum atomic E-state index is -0.535. The second-order valence-electron chi connectivity index (χ2n) is 4.77. The van der Waals surface area contributed by atoms with Crippen molar-refractivity contribution in [2.24, 2.45) is 5.10 Å². The number of amides is 1. The molecule has 1 N–H and O–H groups in total. The molecule has 1 aromatic rings. The lowest BCUT2D eigenvalue weighted by Gasteiger charge is -2.01. The molecule has 0 spiro atoms. The van der Waals surface area contributed by atoms with E-state index in [1.54, 1.807) is 0 Å². The Morgan fingerprint density at radius 3 is 2.82 bits per heavy atom. The SMILES string of the molecule is CCCCCC(=O)N/N=C/c1cc2c(cc1[N+](=O)[O-])OCO2. The standard InChI is InChI=1S/C14H17N3O5/c1-2-3-4-5-14(18)16-15-8-10-6-12-13(22-9-21-12)7-11(10)17(19)20/h6-8H,2-5,9H2,1H3,(H,16,18)/b15-8+. The average Bonchev–Trinajstić information content (AvgIpc) is 2.93. The second-order valence-corrected chi connectivity index (χ2v) is 4.77. The Kier molecular flexibility index (Phi) is 5.29. The molecule has 8 heteroatoms. The molecular weight excluding hydrogens is 290 g/mol. The van der Waals surface area contributed by atoms with Crippen molar-refractivity contribution in [1.82, 2.24) is 5.43 Å². The molecule has 0 saturated carbocycles. The molecule has 0 aliphatic carbocycles. The van der Waals surface area contributed by atoms with Crippen LogP contribution in [0.25, 0.3) is 0 Å². The zero-order valence-electron chi connectivity index (χ0n) is 12.2. The van der Waals surface area contributed by atoms with Crippen LogP contribution in [0.15, 0.2) is 17.2 Å². The van der Waals surface area contributed by atoms with Crippen molar-refractivity contribution in [2.45, 2.75) is 32.6 Å². The minimum Gasteiger partial charge on any atom is -0.454 e. The molecule has 1 amide bonds. The predicted molar refractivity (Wildman–Crippen MR) is 79.1 cm³/mol. The number of nitrogens with zero attached hydrogens (tertiary/aromatic N) is 2. The van der Waals surface area contributed by atoms with E-state index in [1.165, 1.54) is 18.3 Å². The number of nitrogens with one attached hydrogen (secondary N) is 1. The average molecular weight is 307 g/mol. The van der Waals surface area contributed by atoms with Crippen molar-refractivity contribution in [1.29, 1.82) is 0 Å². The highest BCUT2D eigenvalue weighted by Gasteiger charge is 2.22. The number of carbonyl (C=O) groups is 1. The molecule has 22 heavy (non-hydrogen) atoms. The number of unbranched alkanes of at least 4 members (excludes halogenated alkanes) is 2. The summed E-state index contributed by atoms with van der Waals surface area (Å²) >= 11 is 0. The van der Waals surface area contributed by atoms with Crippen molar-refractivity contribution >= 4 is 17.8 Å². The number of fused-ring (bicyclic) bond motifs is 1. The highest BCUT2D eigenvalue weighted by molar-refractivity contribution is 5.88. The number of nitro benzene ring substituents is 1. The summed E-state index contributed by atoms with van der Waals surface area (Å²) < 4.78 is 10.3. The number of hydrogen-bond donors (Lipinski definition) is 1. The van der Waals surface area contributed by atoms with E-state index in [2.05, 4.69) is 17.5 Å². The molecule has 2 rings (SSSR count). The van der Waals surface area contributed by atoms with Gasteiger partial charge >= 0.3 is 0 Å². The third kappa shape index (κ3) is 3.94. The first-order valence-electron chi connectivity index (χ1n) is 7.01. The molecule has 0 bridgehead atoms. The number of hydrogen-bond acceptors (Lipinski definition) is 6. The van der Waals surface area contributed by atoms with E-state index in [4.69, 9.17) is 9.47 Å². The largest absolute Gasteiger partial charge is 0.454 e. The zero-order valence-corrected chi connectivity index (χ0v) is 12.2. The van der Waals surface area contributed by atoms with Crippen molar-refractivity contribution in [2.75, 3.05) is 6.79 Å². The van der Waals surface area contributed by atoms with Crippen LogP contribution in [0.2, 0.25) is 0 Å². The Bertz CT molecular complexity index is 600. The summed E-state index contributed by atoms with van der Waals surface area (Å²) in [6, 6.07) is 2.75. The predicted octanol–water partition coefficient (Wildman–Crippen LogP) is 2.35. The summed E-state index contributed by atoms with van der Waals surface area (Å²) in [7, 11) is 0. The Morgan fingerprint density at radius 1 is 1.41 bits per heavy atom. The van der Waals surface area contributed by atoms with Crippen LogP contribution in [0, 0.1) is 10.1 Å². The molecule has 0 saturated heterocycles. The number of nitro groups is 1. The first kappa shape index (κ1) is 15.7. The molecule has 0 atom stereocenters. The van der Waals surface area contributed by atoms with Crippen LogP contribution in [0.4, 0.5) is 5.69 Å². The topological polar surface area (TPSA) is 103 Å². The molecule has 1 aromatic carbocycles. The van der Waals surface area contributed by atoms with Gasteiger partial charge in [-0.1, -0.05) is 19.8 Å². The maximum Gasteiger partial charge on any atom is 0.282 e. The summed E-state index contributed by atoms with van der Waals surface area (Å²) in [4.78, 5) is 22.0. The van der Waals surface area contributed by atoms with E-state index in [0.717, 1.165) is 19.3 Å². The number of benzene rings is 1. The zero-order chi connectivity index (χ0) is 15.9. The van der Waals surface area contributed by atoms with Crippen LogP contribution in [-0.4, -0.2) is 23.8 Å². The second kappa shape index (κ2) is 7.39. The van der Waals surface area contributed by atoms with E-state index in [-0.39, 0.29) is 24.0 Å². The third-order valence-electron chi connectivity index (χ3n) is 3.12. The van der Waals surface area contributed by atoms with E-state index in [0.29, 0.717) is 17.9 Å². The summed E-state index contributed by atoms with van der Waals surface area (Å²) in [6.07, 6.45) is 4.42. The van der Waals surface area contributed by atoms with Gasteiger partial charge in [-0.15, -0.1) is 0 Å². The van der Waals surface area contributed by atoms with Crippen LogP contribution in [0.5, 0.6) is 11.5 Å². The summed E-state index contributed by atoms with van der Waals surface area (Å²) in [5.74, 6) is 0.530. The van der Waals surface area contributed by atoms with Crippen molar-refractivity contribution in [3.63, 3.8) is 0 Å². The Hall–Kier alpha value is -2.64. The van der Waals surface area contributed by atoms with Crippen LogP contribution in [0.3, 0.4) is 0 Å². The van der Waals surface area contributed by atoms with Gasteiger partial charge in [-0.3, -0.25) is 14.9 Å². The van der Waals surface area contributed by atoms with Gasteiger partial charge in [0.2, 0.25) is 12.7 Å². The van der Waals surface area contributed by atoms with Crippen molar-refractivity contribution in [3.8, 4) is 11.5 Å². The van der Waals surface area contributed by atoms with Gasteiger partial charge in [-0.2, -0.15) is 5.10 Å². The summed E-state index contributed by atoms with van der Waals surface area (Å²) in [6.45, 7) is 2.08. The van der Waals surface area contributed by atoms with Crippen LogP contribution >= 0.6 is 0 Å². The molecule has 118 valence electrons. The highest BCUT2D eigenvalue weighted by atomic mass is 16.7. The van der Waals surface area contributed by atoms with Gasteiger partial charge in [0.15, 0.2) is 11.5 Å². The van der Waals surface area contributed by atoms with Gasteiger partial charge in [0.1, 0.15) is 0 Å². The Balaban J connectivity index is 2.04. The number of carbonyl (C=O) groups excluding carboxylic acids is 1. The summed E-state index contributed by atoms with van der Waals surface area (Å²) in [5.41, 5.74) is 2.44. The van der Waals surface area contributed by atoms with Gasteiger partial charge in [0, 0.05) is 6.42 Å². The Morgan fingerprint density at radius 2 is 2.14 bits per heavy atom. The lowest BCUT2D eigenvalue weighted by atomic mass is 10.1. The maximum atomic E-state index is 11.5. The molecule has 1 aliphatic heterocycles. The fraction of sp³-hybridized carbons (Fsp3) is 0.429. The quantitative estimate of drug-likeness (QED) is 0.360. The van der Waals surface area contributed by atoms with Crippen molar-refractivity contribution in [3.05, 3.63) is 27.8 Å². The molecule has 0 aromatic heterocycles. The highest BCUT2D eigenvalue weighted by Crippen LogP contribution is 2.37. The number of hydrazone groups is 1.